The van der Waals surface area contributed by atoms with Crippen LogP contribution in [0.1, 0.15) is 34.3 Å². The number of Topliss-reactive ketones (excluding diaryl/α,β-unsaturated/α-hetero) is 1. The van der Waals surface area contributed by atoms with Gasteiger partial charge in [-0.25, -0.2) is 9.18 Å². The zero-order valence-electron chi connectivity index (χ0n) is 18.7. The number of ketones is 1. The molecule has 0 bridgehead atoms. The number of ether oxygens (including phenoxy) is 6. The van der Waals surface area contributed by atoms with E-state index in [0.717, 1.165) is 0 Å². The van der Waals surface area contributed by atoms with Gasteiger partial charge < -0.3 is 28.4 Å². The molecule has 0 N–H and O–H groups in total. The van der Waals surface area contributed by atoms with E-state index in [9.17, 15) is 9.59 Å². The number of esters is 1. The molecule has 0 heterocycles. The number of benzene rings is 2. The van der Waals surface area contributed by atoms with Gasteiger partial charge in [0, 0.05) is 17.7 Å². The molecule has 8 nitrogen and oxygen atoms in total. The summed E-state index contributed by atoms with van der Waals surface area (Å²) in [7, 11) is 6.95. The second-order valence-electron chi connectivity index (χ2n) is 6.91. The number of fused-ring (bicyclic) bond motifs is 1. The molecule has 0 amide bonds. The Hall–Kier alpha value is -3.49. The quantitative estimate of drug-likeness (QED) is 0.449. The summed E-state index contributed by atoms with van der Waals surface area (Å²) in [4.78, 5) is 26.4. The molecule has 0 saturated carbocycles. The van der Waals surface area contributed by atoms with Crippen LogP contribution in [0.15, 0.2) is 24.3 Å². The molecule has 0 aliphatic heterocycles. The Bertz CT molecular complexity index is 1030. The fourth-order valence-corrected chi connectivity index (χ4v) is 4.06. The zero-order valence-corrected chi connectivity index (χ0v) is 18.7. The van der Waals surface area contributed by atoms with Crippen LogP contribution in [0.25, 0.3) is 0 Å². The maximum atomic E-state index is 16.7. The summed E-state index contributed by atoms with van der Waals surface area (Å²) in [5.74, 6) is -2.85. The van der Waals surface area contributed by atoms with Crippen LogP contribution < -0.4 is 23.7 Å². The highest BCUT2D eigenvalue weighted by atomic mass is 19.1. The normalized spacial score (nSPS) is 19.2. The largest absolute Gasteiger partial charge is 0.496 e. The first-order valence-corrected chi connectivity index (χ1v) is 9.79. The van der Waals surface area contributed by atoms with Crippen molar-refractivity contribution in [2.24, 2.45) is 0 Å². The van der Waals surface area contributed by atoms with Gasteiger partial charge in [0.05, 0.1) is 53.6 Å². The molecule has 172 valence electrons. The minimum absolute atomic E-state index is 0.0234. The second kappa shape index (κ2) is 8.94. The summed E-state index contributed by atoms with van der Waals surface area (Å²) in [6.45, 7) is 1.42. The maximum Gasteiger partial charge on any atom is 0.353 e. The minimum atomic E-state index is -3.09. The fraction of sp³-hybridized carbons (Fsp3) is 0.391. The maximum absolute atomic E-state index is 16.7. The Morgan fingerprint density at radius 2 is 1.53 bits per heavy atom. The molecule has 0 unspecified atom stereocenters. The molecular formula is C23H25FO8. The van der Waals surface area contributed by atoms with Crippen LogP contribution >= 0.6 is 0 Å². The standard InChI is InChI=1S/C23H25FO8/c1-7-32-22(26)23(24)19(18-15(29-4)10-12(27-2)11-16(18)30-5)13-8-9-14(28-3)20(31-6)17(13)21(23)25/h8-11,19H,7H2,1-6H3/t19-,23-/m0/s1. The van der Waals surface area contributed by atoms with Gasteiger partial charge in [-0.3, -0.25) is 4.79 Å². The molecule has 2 aromatic carbocycles. The number of methoxy groups -OCH3 is 5. The van der Waals surface area contributed by atoms with Gasteiger partial charge in [-0.1, -0.05) is 6.07 Å². The van der Waals surface area contributed by atoms with Crippen LogP contribution in [-0.4, -0.2) is 59.6 Å². The highest BCUT2D eigenvalue weighted by molar-refractivity contribution is 6.22. The Labute approximate surface area is 185 Å². The van der Waals surface area contributed by atoms with Crippen molar-refractivity contribution < 1.29 is 42.4 Å². The number of halogens is 1. The number of hydrogen-bond acceptors (Lipinski definition) is 8. The highest BCUT2D eigenvalue weighted by Crippen LogP contribution is 2.56. The Morgan fingerprint density at radius 3 is 2.00 bits per heavy atom. The van der Waals surface area contributed by atoms with Gasteiger partial charge in [0.1, 0.15) is 17.2 Å². The van der Waals surface area contributed by atoms with E-state index >= 15 is 4.39 Å². The molecule has 1 aliphatic carbocycles. The van der Waals surface area contributed by atoms with Crippen molar-refractivity contribution in [1.29, 1.82) is 0 Å². The van der Waals surface area contributed by atoms with Crippen LogP contribution in [0.4, 0.5) is 4.39 Å². The molecule has 0 spiro atoms. The Morgan fingerprint density at radius 1 is 0.938 bits per heavy atom. The average molecular weight is 448 g/mol. The van der Waals surface area contributed by atoms with Crippen molar-refractivity contribution in [1.82, 2.24) is 0 Å². The molecular weight excluding hydrogens is 423 g/mol. The summed E-state index contributed by atoms with van der Waals surface area (Å²) < 4.78 is 48.6. The molecule has 3 rings (SSSR count). The monoisotopic (exact) mass is 448 g/mol. The number of rotatable bonds is 8. The van der Waals surface area contributed by atoms with E-state index in [1.54, 1.807) is 0 Å². The summed E-state index contributed by atoms with van der Waals surface area (Å²) in [6, 6.07) is 6.10. The molecule has 0 radical (unpaired) electrons. The number of hydrogen-bond donors (Lipinski definition) is 0. The van der Waals surface area contributed by atoms with Crippen molar-refractivity contribution in [3.8, 4) is 28.7 Å². The molecule has 9 heteroatoms. The Kier molecular flexibility index (Phi) is 6.47. The lowest BCUT2D eigenvalue weighted by molar-refractivity contribution is -0.154. The van der Waals surface area contributed by atoms with E-state index in [0.29, 0.717) is 5.75 Å². The van der Waals surface area contributed by atoms with Crippen molar-refractivity contribution in [3.63, 3.8) is 0 Å². The van der Waals surface area contributed by atoms with E-state index in [1.165, 1.54) is 66.7 Å². The third-order valence-corrected chi connectivity index (χ3v) is 5.46. The van der Waals surface area contributed by atoms with Gasteiger partial charge in [-0.05, 0) is 18.6 Å². The Balaban J connectivity index is 2.43. The SMILES string of the molecule is CCOC(=O)[C@@]1(F)C(=O)c2c(ccc(OC)c2OC)[C@H]1c1c(OC)cc(OC)cc1OC. The molecule has 1 aliphatic rings. The molecule has 0 saturated heterocycles. The van der Waals surface area contributed by atoms with E-state index in [4.69, 9.17) is 28.4 Å². The van der Waals surface area contributed by atoms with Gasteiger partial charge in [0.2, 0.25) is 5.78 Å². The zero-order chi connectivity index (χ0) is 23.6. The first-order chi connectivity index (χ1) is 15.3. The van der Waals surface area contributed by atoms with Gasteiger partial charge in [-0.2, -0.15) is 0 Å². The number of carbonyl (C=O) groups is 2. The third kappa shape index (κ3) is 3.28. The predicted molar refractivity (Wildman–Crippen MR) is 112 cm³/mol. The van der Waals surface area contributed by atoms with E-state index in [-0.39, 0.29) is 46.3 Å². The molecule has 0 fully saturated rings. The lowest BCUT2D eigenvalue weighted by atomic mass is 9.82. The van der Waals surface area contributed by atoms with Crippen LogP contribution in [0.5, 0.6) is 28.7 Å². The summed E-state index contributed by atoms with van der Waals surface area (Å²) in [5.41, 5.74) is -2.82. The first-order valence-electron chi connectivity index (χ1n) is 9.79. The predicted octanol–water partition coefficient (Wildman–Crippen LogP) is 3.33. The molecule has 32 heavy (non-hydrogen) atoms. The number of alkyl halides is 1. The van der Waals surface area contributed by atoms with Crippen molar-refractivity contribution in [2.45, 2.75) is 18.5 Å². The van der Waals surface area contributed by atoms with Crippen LogP contribution in [0.2, 0.25) is 0 Å². The van der Waals surface area contributed by atoms with Crippen LogP contribution in [0, 0.1) is 0 Å². The fourth-order valence-electron chi connectivity index (χ4n) is 4.06. The van der Waals surface area contributed by atoms with E-state index in [1.807, 2.05) is 0 Å². The average Bonchev–Trinajstić information content (AvgIpc) is 3.04. The van der Waals surface area contributed by atoms with Crippen LogP contribution in [0.3, 0.4) is 0 Å². The topological polar surface area (TPSA) is 89.5 Å². The minimum Gasteiger partial charge on any atom is -0.496 e. The van der Waals surface area contributed by atoms with Crippen molar-refractivity contribution in [3.05, 3.63) is 41.0 Å². The van der Waals surface area contributed by atoms with Crippen molar-refractivity contribution >= 4 is 11.8 Å². The van der Waals surface area contributed by atoms with Gasteiger partial charge in [0.15, 0.2) is 11.5 Å². The second-order valence-corrected chi connectivity index (χ2v) is 6.91. The van der Waals surface area contributed by atoms with E-state index in [2.05, 4.69) is 0 Å². The van der Waals surface area contributed by atoms with Crippen LogP contribution in [-0.2, 0) is 9.53 Å². The van der Waals surface area contributed by atoms with E-state index < -0.39 is 23.3 Å². The first kappa shape index (κ1) is 23.2. The summed E-state index contributed by atoms with van der Waals surface area (Å²) in [6.07, 6.45) is 0. The lowest BCUT2D eigenvalue weighted by Crippen LogP contribution is -2.45. The van der Waals surface area contributed by atoms with Gasteiger partial charge in [0.25, 0.3) is 5.67 Å². The summed E-state index contributed by atoms with van der Waals surface area (Å²) >= 11 is 0. The number of carbonyl (C=O) groups excluding carboxylic acids is 2. The van der Waals surface area contributed by atoms with Gasteiger partial charge in [-0.15, -0.1) is 0 Å². The smallest absolute Gasteiger partial charge is 0.353 e. The molecule has 2 aromatic rings. The summed E-state index contributed by atoms with van der Waals surface area (Å²) in [5, 5.41) is 0. The van der Waals surface area contributed by atoms with Crippen molar-refractivity contribution in [2.75, 3.05) is 42.2 Å². The lowest BCUT2D eigenvalue weighted by Gasteiger charge is -2.27. The third-order valence-electron chi connectivity index (χ3n) is 5.46. The van der Waals surface area contributed by atoms with Gasteiger partial charge >= 0.3 is 5.97 Å². The highest BCUT2D eigenvalue weighted by Gasteiger charge is 2.64. The molecule has 0 aromatic heterocycles. The molecule has 2 atom stereocenters.